The van der Waals surface area contributed by atoms with Gasteiger partial charge in [-0.05, 0) is 17.5 Å². The maximum Gasteiger partial charge on any atom is 0.127 e. The monoisotopic (exact) mass is 488 g/mol. The molecule has 0 radical (unpaired) electrons. The van der Waals surface area contributed by atoms with Gasteiger partial charge < -0.3 is 9.80 Å². The van der Waals surface area contributed by atoms with Crippen LogP contribution in [0, 0.1) is 0 Å². The maximum atomic E-state index is 2.54. The topological polar surface area (TPSA) is 6.48 Å². The number of benzene rings is 2. The summed E-state index contributed by atoms with van der Waals surface area (Å²) in [5, 5.41) is 0. The third-order valence-corrected chi connectivity index (χ3v) is 7.65. The highest BCUT2D eigenvalue weighted by Crippen LogP contribution is 2.32. The van der Waals surface area contributed by atoms with Gasteiger partial charge in [-0.1, -0.05) is 164 Å². The first-order valence-corrected chi connectivity index (χ1v) is 15.2. The smallest absolute Gasteiger partial charge is 0.127 e. The van der Waals surface area contributed by atoms with Crippen molar-refractivity contribution in [2.75, 3.05) is 6.54 Å². The quantitative estimate of drug-likeness (QED) is 0.171. The lowest BCUT2D eigenvalue weighted by atomic mass is 10.0. The molecule has 0 bridgehead atoms. The third kappa shape index (κ3) is 10.8. The van der Waals surface area contributed by atoms with Gasteiger partial charge in [0, 0.05) is 25.5 Å². The van der Waals surface area contributed by atoms with Crippen molar-refractivity contribution >= 4 is 0 Å². The molecule has 1 aliphatic rings. The van der Waals surface area contributed by atoms with Crippen molar-refractivity contribution in [3.05, 3.63) is 84.2 Å². The molecule has 3 rings (SSSR count). The van der Waals surface area contributed by atoms with E-state index in [1.54, 1.807) is 0 Å². The fourth-order valence-corrected chi connectivity index (χ4v) is 5.51. The van der Waals surface area contributed by atoms with Crippen LogP contribution in [0.25, 0.3) is 0 Å². The summed E-state index contributed by atoms with van der Waals surface area (Å²) in [4.78, 5) is 5.03. The average Bonchev–Trinajstić information content (AvgIpc) is 3.31. The Bertz CT molecular complexity index is 800. The number of nitrogens with zero attached hydrogens (tertiary/aromatic N) is 2. The van der Waals surface area contributed by atoms with Crippen LogP contribution in [0.4, 0.5) is 0 Å². The van der Waals surface area contributed by atoms with E-state index < -0.39 is 0 Å². The van der Waals surface area contributed by atoms with Gasteiger partial charge in [0.2, 0.25) is 0 Å². The minimum Gasteiger partial charge on any atom is -0.352 e. The van der Waals surface area contributed by atoms with Gasteiger partial charge in [-0.3, -0.25) is 0 Å². The number of hydrogen-bond acceptors (Lipinski definition) is 2. The van der Waals surface area contributed by atoms with E-state index in [2.05, 4.69) is 89.8 Å². The minimum absolute atomic E-state index is 0.308. The van der Waals surface area contributed by atoms with E-state index in [9.17, 15) is 0 Å². The number of unbranched alkanes of at least 4 members (excludes halogenated alkanes) is 15. The van der Waals surface area contributed by atoms with E-state index in [4.69, 9.17) is 0 Å². The fourth-order valence-electron chi connectivity index (χ4n) is 5.51. The highest BCUT2D eigenvalue weighted by atomic mass is 15.4. The molecule has 0 spiro atoms. The van der Waals surface area contributed by atoms with Gasteiger partial charge in [0.1, 0.15) is 6.17 Å². The van der Waals surface area contributed by atoms with Crippen LogP contribution in [0.5, 0.6) is 0 Å². The summed E-state index contributed by atoms with van der Waals surface area (Å²) in [5.41, 5.74) is 2.75. The molecule has 1 atom stereocenters. The van der Waals surface area contributed by atoms with Gasteiger partial charge in [-0.15, -0.1) is 0 Å². The van der Waals surface area contributed by atoms with Crippen molar-refractivity contribution in [3.63, 3.8) is 0 Å². The van der Waals surface area contributed by atoms with Gasteiger partial charge in [0.25, 0.3) is 0 Å². The third-order valence-electron chi connectivity index (χ3n) is 7.65. The molecule has 198 valence electrons. The Morgan fingerprint density at radius 1 is 0.500 bits per heavy atom. The zero-order chi connectivity index (χ0) is 25.1. The Morgan fingerprint density at radius 2 is 0.944 bits per heavy atom. The first-order chi connectivity index (χ1) is 17.9. The van der Waals surface area contributed by atoms with Gasteiger partial charge >= 0.3 is 0 Å². The van der Waals surface area contributed by atoms with Gasteiger partial charge in [0.15, 0.2) is 0 Å². The SMILES string of the molecule is CCCCCCCCCCCCCCCCCCN1C=CN(Cc2ccccc2)C1c1ccccc1. The molecule has 1 heterocycles. The Labute approximate surface area is 222 Å². The molecule has 2 aromatic rings. The van der Waals surface area contributed by atoms with Crippen LogP contribution in [-0.2, 0) is 6.54 Å². The van der Waals surface area contributed by atoms with Crippen LogP contribution in [0.1, 0.15) is 127 Å². The molecule has 0 fully saturated rings. The summed E-state index contributed by atoms with van der Waals surface area (Å²) in [5.74, 6) is 0. The number of hydrogen-bond donors (Lipinski definition) is 0. The molecule has 0 aromatic heterocycles. The van der Waals surface area contributed by atoms with E-state index in [1.807, 2.05) is 0 Å². The lowest BCUT2D eigenvalue weighted by Gasteiger charge is -2.33. The zero-order valence-electron chi connectivity index (χ0n) is 23.1. The van der Waals surface area contributed by atoms with Crippen molar-refractivity contribution in [3.8, 4) is 0 Å². The molecule has 0 aliphatic carbocycles. The van der Waals surface area contributed by atoms with Crippen LogP contribution in [0.2, 0.25) is 0 Å². The zero-order valence-corrected chi connectivity index (χ0v) is 23.1. The lowest BCUT2D eigenvalue weighted by Crippen LogP contribution is -2.31. The highest BCUT2D eigenvalue weighted by Gasteiger charge is 2.27. The van der Waals surface area contributed by atoms with E-state index in [0.717, 1.165) is 13.1 Å². The second kappa shape index (κ2) is 18.1. The van der Waals surface area contributed by atoms with E-state index in [0.29, 0.717) is 6.17 Å². The summed E-state index contributed by atoms with van der Waals surface area (Å²) in [7, 11) is 0. The molecule has 0 saturated heterocycles. The van der Waals surface area contributed by atoms with Gasteiger partial charge in [0.05, 0.1) is 0 Å². The molecule has 2 nitrogen and oxygen atoms in total. The largest absolute Gasteiger partial charge is 0.352 e. The molecule has 36 heavy (non-hydrogen) atoms. The van der Waals surface area contributed by atoms with Crippen LogP contribution < -0.4 is 0 Å². The summed E-state index contributed by atoms with van der Waals surface area (Å²) >= 11 is 0. The Hall–Kier alpha value is -2.22. The van der Waals surface area contributed by atoms with Gasteiger partial charge in [-0.2, -0.15) is 0 Å². The van der Waals surface area contributed by atoms with Crippen molar-refractivity contribution in [2.45, 2.75) is 122 Å². The Morgan fingerprint density at radius 3 is 1.47 bits per heavy atom. The summed E-state index contributed by atoms with van der Waals surface area (Å²) in [6.07, 6.45) is 27.7. The summed E-state index contributed by atoms with van der Waals surface area (Å²) < 4.78 is 0. The predicted octanol–water partition coefficient (Wildman–Crippen LogP) is 10.2. The molecular formula is C34H52N2. The van der Waals surface area contributed by atoms with Crippen LogP contribution >= 0.6 is 0 Å². The molecule has 2 heteroatoms. The molecular weight excluding hydrogens is 436 g/mol. The standard InChI is InChI=1S/C34H52N2/c1-2-3-4-5-6-7-8-9-10-11-12-13-14-15-16-23-28-35-29-30-36(31-32-24-19-17-20-25-32)34(35)33-26-21-18-22-27-33/h17-22,24-27,29-30,34H,2-16,23,28,31H2,1H3. The average molecular weight is 489 g/mol. The predicted molar refractivity (Wildman–Crippen MR) is 157 cm³/mol. The van der Waals surface area contributed by atoms with E-state index >= 15 is 0 Å². The highest BCUT2D eigenvalue weighted by molar-refractivity contribution is 5.23. The lowest BCUT2D eigenvalue weighted by molar-refractivity contribution is 0.146. The van der Waals surface area contributed by atoms with Crippen molar-refractivity contribution in [1.29, 1.82) is 0 Å². The molecule has 2 aromatic carbocycles. The van der Waals surface area contributed by atoms with Crippen LogP contribution in [-0.4, -0.2) is 16.3 Å². The van der Waals surface area contributed by atoms with Gasteiger partial charge in [-0.25, -0.2) is 0 Å². The second-order valence-corrected chi connectivity index (χ2v) is 10.8. The Kier molecular flexibility index (Phi) is 14.2. The fraction of sp³-hybridized carbons (Fsp3) is 0.588. The number of rotatable bonds is 20. The molecule has 0 saturated carbocycles. The molecule has 1 aliphatic heterocycles. The van der Waals surface area contributed by atoms with E-state index in [1.165, 1.54) is 114 Å². The summed E-state index contributed by atoms with van der Waals surface area (Å²) in [6.45, 7) is 4.39. The molecule has 1 unspecified atom stereocenters. The molecule has 0 amide bonds. The van der Waals surface area contributed by atoms with Crippen molar-refractivity contribution < 1.29 is 0 Å². The maximum absolute atomic E-state index is 2.54. The van der Waals surface area contributed by atoms with Crippen LogP contribution in [0.15, 0.2) is 73.1 Å². The normalized spacial score (nSPS) is 15.2. The second-order valence-electron chi connectivity index (χ2n) is 10.8. The molecule has 0 N–H and O–H groups in total. The van der Waals surface area contributed by atoms with Crippen molar-refractivity contribution in [2.24, 2.45) is 0 Å². The van der Waals surface area contributed by atoms with E-state index in [-0.39, 0.29) is 0 Å². The van der Waals surface area contributed by atoms with Crippen LogP contribution in [0.3, 0.4) is 0 Å². The van der Waals surface area contributed by atoms with Crippen molar-refractivity contribution in [1.82, 2.24) is 9.80 Å². The minimum atomic E-state index is 0.308. The first-order valence-electron chi connectivity index (χ1n) is 15.2. The summed E-state index contributed by atoms with van der Waals surface area (Å²) in [6, 6.07) is 21.8. The first kappa shape index (κ1) is 28.4. The Balaban J connectivity index is 1.24.